The first-order chi connectivity index (χ1) is 9.29. The van der Waals surface area contributed by atoms with Gasteiger partial charge in [0.2, 0.25) is 0 Å². The molecule has 3 nitrogen and oxygen atoms in total. The van der Waals surface area contributed by atoms with Gasteiger partial charge in [-0.15, -0.1) is 0 Å². The van der Waals surface area contributed by atoms with Gasteiger partial charge in [0.15, 0.2) is 0 Å². The van der Waals surface area contributed by atoms with E-state index in [-0.39, 0.29) is 0 Å². The lowest BCUT2D eigenvalue weighted by Gasteiger charge is -2.05. The molecule has 4 heteroatoms. The Hall–Kier alpha value is -1.26. The fraction of sp³-hybridized carbons (Fsp3) is 0.333. The smallest absolute Gasteiger partial charge is 0.132 e. The van der Waals surface area contributed by atoms with Crippen molar-refractivity contribution < 1.29 is 0 Å². The van der Waals surface area contributed by atoms with Crippen LogP contribution in [0.1, 0.15) is 29.9 Å². The summed E-state index contributed by atoms with van der Waals surface area (Å²) in [6.07, 6.45) is 5.23. The monoisotopic (exact) mass is 317 g/mol. The van der Waals surface area contributed by atoms with Crippen LogP contribution in [0.3, 0.4) is 0 Å². The summed E-state index contributed by atoms with van der Waals surface area (Å²) in [7, 11) is 0. The number of hydrogen-bond acceptors (Lipinski definition) is 3. The Labute approximate surface area is 121 Å². The summed E-state index contributed by atoms with van der Waals surface area (Å²) in [5, 5.41) is 3.48. The Morgan fingerprint density at radius 3 is 2.95 bits per heavy atom. The highest BCUT2D eigenvalue weighted by Crippen LogP contribution is 2.19. The van der Waals surface area contributed by atoms with Crippen molar-refractivity contribution in [3.63, 3.8) is 0 Å². The zero-order chi connectivity index (χ0) is 13.1. The van der Waals surface area contributed by atoms with Gasteiger partial charge in [0, 0.05) is 29.7 Å². The molecular formula is C15H16BrN3. The van der Waals surface area contributed by atoms with Crippen LogP contribution in [0.15, 0.2) is 41.0 Å². The summed E-state index contributed by atoms with van der Waals surface area (Å²) in [5.41, 5.74) is 2.30. The molecule has 1 aromatic carbocycles. The van der Waals surface area contributed by atoms with Crippen molar-refractivity contribution in [1.29, 1.82) is 0 Å². The largest absolute Gasteiger partial charge is 0.308 e. The van der Waals surface area contributed by atoms with E-state index in [1.165, 1.54) is 18.4 Å². The Kier molecular flexibility index (Phi) is 3.89. The quantitative estimate of drug-likeness (QED) is 0.921. The van der Waals surface area contributed by atoms with Crippen LogP contribution in [0.25, 0.3) is 0 Å². The standard InChI is InChI=1S/C15H16BrN3/c16-12-3-1-2-11(8-12)9-15-17-7-6-14(19-15)10-18-13-4-5-13/h1-3,6-8,13,18H,4-5,9-10H2. The van der Waals surface area contributed by atoms with Gasteiger partial charge in [-0.25, -0.2) is 9.97 Å². The average Bonchev–Trinajstić information content (AvgIpc) is 3.21. The molecule has 0 spiro atoms. The fourth-order valence-corrected chi connectivity index (χ4v) is 2.44. The van der Waals surface area contributed by atoms with E-state index < -0.39 is 0 Å². The summed E-state index contributed by atoms with van der Waals surface area (Å²) in [6.45, 7) is 0.846. The van der Waals surface area contributed by atoms with Crippen LogP contribution in [-0.4, -0.2) is 16.0 Å². The highest BCUT2D eigenvalue weighted by atomic mass is 79.9. The maximum absolute atomic E-state index is 4.61. The summed E-state index contributed by atoms with van der Waals surface area (Å²) in [5.74, 6) is 0.883. The van der Waals surface area contributed by atoms with Gasteiger partial charge in [0.1, 0.15) is 5.82 Å². The van der Waals surface area contributed by atoms with Gasteiger partial charge in [-0.05, 0) is 36.6 Å². The number of benzene rings is 1. The summed E-state index contributed by atoms with van der Waals surface area (Å²) in [4.78, 5) is 8.96. The van der Waals surface area contributed by atoms with Crippen molar-refractivity contribution in [2.45, 2.75) is 31.8 Å². The summed E-state index contributed by atoms with van der Waals surface area (Å²) >= 11 is 3.49. The van der Waals surface area contributed by atoms with E-state index in [0.29, 0.717) is 6.04 Å². The number of rotatable bonds is 5. The normalized spacial score (nSPS) is 14.6. The molecule has 1 aliphatic rings. The van der Waals surface area contributed by atoms with Gasteiger partial charge in [-0.3, -0.25) is 0 Å². The second-order valence-corrected chi connectivity index (χ2v) is 5.84. The fourth-order valence-electron chi connectivity index (χ4n) is 1.99. The van der Waals surface area contributed by atoms with E-state index in [0.717, 1.165) is 29.0 Å². The van der Waals surface area contributed by atoms with Crippen LogP contribution in [0.2, 0.25) is 0 Å². The first-order valence-corrected chi connectivity index (χ1v) is 7.37. The molecule has 1 aliphatic carbocycles. The topological polar surface area (TPSA) is 37.8 Å². The molecule has 0 amide bonds. The molecule has 19 heavy (non-hydrogen) atoms. The average molecular weight is 318 g/mol. The van der Waals surface area contributed by atoms with Crippen LogP contribution >= 0.6 is 15.9 Å². The predicted molar refractivity (Wildman–Crippen MR) is 78.8 cm³/mol. The molecule has 1 fully saturated rings. The lowest BCUT2D eigenvalue weighted by Crippen LogP contribution is -2.16. The highest BCUT2D eigenvalue weighted by Gasteiger charge is 2.20. The van der Waals surface area contributed by atoms with E-state index in [1.807, 2.05) is 24.4 Å². The van der Waals surface area contributed by atoms with Gasteiger partial charge in [0.05, 0.1) is 5.69 Å². The first kappa shape index (κ1) is 12.8. The minimum atomic E-state index is 0.712. The second kappa shape index (κ2) is 5.80. The summed E-state index contributed by atoms with van der Waals surface area (Å²) in [6, 6.07) is 11.0. The number of nitrogens with one attached hydrogen (secondary N) is 1. The molecule has 0 saturated heterocycles. The van der Waals surface area contributed by atoms with Crippen LogP contribution in [0.4, 0.5) is 0 Å². The molecule has 1 heterocycles. The van der Waals surface area contributed by atoms with Crippen LogP contribution in [-0.2, 0) is 13.0 Å². The maximum Gasteiger partial charge on any atom is 0.132 e. The lowest BCUT2D eigenvalue weighted by molar-refractivity contribution is 0.668. The Bertz CT molecular complexity index is 567. The van der Waals surface area contributed by atoms with Crippen molar-refractivity contribution in [3.05, 3.63) is 58.1 Å². The van der Waals surface area contributed by atoms with Gasteiger partial charge >= 0.3 is 0 Å². The molecule has 0 unspecified atom stereocenters. The molecule has 3 rings (SSSR count). The molecule has 0 bridgehead atoms. The minimum Gasteiger partial charge on any atom is -0.308 e. The number of hydrogen-bond donors (Lipinski definition) is 1. The van der Waals surface area contributed by atoms with Crippen molar-refractivity contribution in [2.75, 3.05) is 0 Å². The van der Waals surface area contributed by atoms with Gasteiger partial charge in [0.25, 0.3) is 0 Å². The SMILES string of the molecule is Brc1cccc(Cc2nccc(CNC3CC3)n2)c1. The molecule has 0 aliphatic heterocycles. The maximum atomic E-state index is 4.61. The van der Waals surface area contributed by atoms with Gasteiger partial charge in [-0.1, -0.05) is 28.1 Å². The van der Waals surface area contributed by atoms with Crippen molar-refractivity contribution >= 4 is 15.9 Å². The third-order valence-electron chi connectivity index (χ3n) is 3.16. The van der Waals surface area contributed by atoms with Crippen LogP contribution < -0.4 is 5.32 Å². The Balaban J connectivity index is 1.67. The Morgan fingerprint density at radius 1 is 1.26 bits per heavy atom. The molecule has 0 atom stereocenters. The van der Waals surface area contributed by atoms with E-state index in [2.05, 4.69) is 43.3 Å². The predicted octanol–water partition coefficient (Wildman–Crippen LogP) is 3.08. The van der Waals surface area contributed by atoms with E-state index >= 15 is 0 Å². The lowest BCUT2D eigenvalue weighted by atomic mass is 10.1. The van der Waals surface area contributed by atoms with Crippen LogP contribution in [0, 0.1) is 0 Å². The number of aromatic nitrogens is 2. The first-order valence-electron chi connectivity index (χ1n) is 6.58. The Morgan fingerprint density at radius 2 is 2.16 bits per heavy atom. The molecule has 2 aromatic rings. The van der Waals surface area contributed by atoms with Crippen molar-refractivity contribution in [3.8, 4) is 0 Å². The molecule has 98 valence electrons. The van der Waals surface area contributed by atoms with E-state index in [1.54, 1.807) is 0 Å². The highest BCUT2D eigenvalue weighted by molar-refractivity contribution is 9.10. The van der Waals surface area contributed by atoms with E-state index in [9.17, 15) is 0 Å². The van der Waals surface area contributed by atoms with Crippen molar-refractivity contribution in [2.24, 2.45) is 0 Å². The van der Waals surface area contributed by atoms with Gasteiger partial charge in [-0.2, -0.15) is 0 Å². The third kappa shape index (κ3) is 3.85. The molecule has 1 saturated carbocycles. The van der Waals surface area contributed by atoms with Crippen molar-refractivity contribution in [1.82, 2.24) is 15.3 Å². The molecule has 0 radical (unpaired) electrons. The summed E-state index contributed by atoms with van der Waals surface area (Å²) < 4.78 is 1.09. The number of nitrogens with zero attached hydrogens (tertiary/aromatic N) is 2. The molecule has 1 N–H and O–H groups in total. The zero-order valence-corrected chi connectivity index (χ0v) is 12.2. The molecular weight excluding hydrogens is 302 g/mol. The third-order valence-corrected chi connectivity index (χ3v) is 3.66. The molecule has 1 aromatic heterocycles. The van der Waals surface area contributed by atoms with Gasteiger partial charge < -0.3 is 5.32 Å². The minimum absolute atomic E-state index is 0.712. The second-order valence-electron chi connectivity index (χ2n) is 4.93. The van der Waals surface area contributed by atoms with E-state index in [4.69, 9.17) is 0 Å². The zero-order valence-electron chi connectivity index (χ0n) is 10.6. The van der Waals surface area contributed by atoms with Crippen LogP contribution in [0.5, 0.6) is 0 Å². The number of halogens is 1.